The highest BCUT2D eigenvalue weighted by Gasteiger charge is 2.75. The number of rotatable bonds is 7. The first-order valence-corrected chi connectivity index (χ1v) is 15.9. The van der Waals surface area contributed by atoms with Crippen molar-refractivity contribution in [1.29, 1.82) is 0 Å². The van der Waals surface area contributed by atoms with Gasteiger partial charge in [0.25, 0.3) is 0 Å². The molecule has 7 rings (SSSR count). The zero-order valence-electron chi connectivity index (χ0n) is 25.9. The topological polar surface area (TPSA) is 59.1 Å². The number of likely N-dealkylation sites (N-methyl/N-ethyl adjacent to an activating group) is 1. The van der Waals surface area contributed by atoms with Gasteiger partial charge in [0.05, 0.1) is 23.1 Å². The number of esters is 1. The predicted octanol–water partition coefficient (Wildman–Crippen LogP) is 6.21. The molecule has 0 aromatic heterocycles. The molecule has 1 saturated carbocycles. The minimum atomic E-state index is -4.42. The normalized spacial score (nSPS) is 28.0. The van der Waals surface area contributed by atoms with Crippen molar-refractivity contribution in [3.63, 3.8) is 0 Å². The van der Waals surface area contributed by atoms with Crippen LogP contribution in [0, 0.1) is 0 Å². The summed E-state index contributed by atoms with van der Waals surface area (Å²) in [6.45, 7) is 3.13. The number of halogens is 3. The molecule has 46 heavy (non-hydrogen) atoms. The van der Waals surface area contributed by atoms with E-state index in [1.807, 2.05) is 18.2 Å². The molecule has 240 valence electrons. The summed E-state index contributed by atoms with van der Waals surface area (Å²) in [5.74, 6) is 0.209. The fraction of sp³-hybridized carbons (Fsp3) is 0.405. The minimum Gasteiger partial charge on any atom is -0.487 e. The first kappa shape index (κ1) is 30.5. The van der Waals surface area contributed by atoms with E-state index in [2.05, 4.69) is 35.2 Å². The fourth-order valence-corrected chi connectivity index (χ4v) is 8.82. The molecule has 2 bridgehead atoms. The molecule has 4 aliphatic rings. The summed E-state index contributed by atoms with van der Waals surface area (Å²) < 4.78 is 52.4. The molecule has 3 aromatic carbocycles. The van der Waals surface area contributed by atoms with Gasteiger partial charge >= 0.3 is 12.1 Å². The van der Waals surface area contributed by atoms with E-state index in [0.717, 1.165) is 55.8 Å². The first-order chi connectivity index (χ1) is 22.0. The van der Waals surface area contributed by atoms with E-state index < -0.39 is 28.9 Å². The molecule has 5 atom stereocenters. The SMILES string of the molecule is CC(=O)O[C@@]12CCC(N(C)C(=O)/C=C/c3ccc(C(F)(F)F)cc3)C3Oc4cccc5c4[C@@]31CCN(CCc1ccccc1)[C@@H]2C5. The van der Waals surface area contributed by atoms with E-state index in [9.17, 15) is 22.8 Å². The standard InChI is InChI=1S/C37H37F3N2O4/c1-24(43)46-36-19-17-29(41(2)32(44)16-13-26-11-14-28(15-12-26)37(38,39)40)34-35(36)20-22-42(21-18-25-7-4-3-5-8-25)31(36)23-27-9-6-10-30(45-34)33(27)35/h3-16,29,31,34H,17-23H2,1-2H3/b16-13+/t29?,31-,34?,35+,36-/m1/s1. The van der Waals surface area contributed by atoms with Gasteiger partial charge in [-0.2, -0.15) is 13.2 Å². The first-order valence-electron chi connectivity index (χ1n) is 15.9. The van der Waals surface area contributed by atoms with Crippen LogP contribution in [0.25, 0.3) is 6.08 Å². The maximum Gasteiger partial charge on any atom is 0.416 e. The Morgan fingerprint density at radius 1 is 1.04 bits per heavy atom. The second-order valence-corrected chi connectivity index (χ2v) is 13.0. The summed E-state index contributed by atoms with van der Waals surface area (Å²) in [6, 6.07) is 20.9. The number of hydrogen-bond acceptors (Lipinski definition) is 5. The Kier molecular flexibility index (Phi) is 7.50. The Morgan fingerprint density at radius 2 is 1.80 bits per heavy atom. The fourth-order valence-electron chi connectivity index (χ4n) is 8.82. The van der Waals surface area contributed by atoms with E-state index in [-0.39, 0.29) is 24.0 Å². The van der Waals surface area contributed by atoms with Gasteiger partial charge in [0.2, 0.25) is 5.91 Å². The summed E-state index contributed by atoms with van der Waals surface area (Å²) in [4.78, 5) is 30.7. The largest absolute Gasteiger partial charge is 0.487 e. The van der Waals surface area contributed by atoms with Crippen LogP contribution in [0.2, 0.25) is 0 Å². The molecule has 2 aliphatic carbocycles. The van der Waals surface area contributed by atoms with Crippen molar-refractivity contribution in [2.24, 2.45) is 0 Å². The highest BCUT2D eigenvalue weighted by molar-refractivity contribution is 5.92. The van der Waals surface area contributed by atoms with Crippen molar-refractivity contribution in [2.45, 2.75) is 74.4 Å². The molecular formula is C37H37F3N2O4. The van der Waals surface area contributed by atoms with Gasteiger partial charge in [-0.15, -0.1) is 0 Å². The maximum atomic E-state index is 13.6. The van der Waals surface area contributed by atoms with Crippen molar-refractivity contribution in [3.05, 3.63) is 107 Å². The lowest BCUT2D eigenvalue weighted by molar-refractivity contribution is -0.223. The molecular weight excluding hydrogens is 593 g/mol. The Labute approximate surface area is 266 Å². The molecule has 3 aromatic rings. The lowest BCUT2D eigenvalue weighted by Gasteiger charge is -2.65. The number of likely N-dealkylation sites (tertiary alicyclic amines) is 1. The second kappa shape index (κ2) is 11.3. The van der Waals surface area contributed by atoms with E-state index in [4.69, 9.17) is 9.47 Å². The average Bonchev–Trinajstić information content (AvgIpc) is 3.38. The number of amides is 1. The minimum absolute atomic E-state index is 0.0395. The number of alkyl halides is 3. The number of benzene rings is 3. The van der Waals surface area contributed by atoms with E-state index in [0.29, 0.717) is 18.4 Å². The summed E-state index contributed by atoms with van der Waals surface area (Å²) in [5.41, 5.74) is 1.91. The number of carbonyl (C=O) groups excluding carboxylic acids is 2. The summed E-state index contributed by atoms with van der Waals surface area (Å²) in [7, 11) is 1.75. The smallest absolute Gasteiger partial charge is 0.416 e. The van der Waals surface area contributed by atoms with E-state index in [1.54, 1.807) is 11.9 Å². The highest BCUT2D eigenvalue weighted by Crippen LogP contribution is 2.65. The van der Waals surface area contributed by atoms with Crippen LogP contribution in [0.4, 0.5) is 13.2 Å². The summed E-state index contributed by atoms with van der Waals surface area (Å²) in [5, 5.41) is 0. The third kappa shape index (κ3) is 4.82. The predicted molar refractivity (Wildman–Crippen MR) is 167 cm³/mol. The summed E-state index contributed by atoms with van der Waals surface area (Å²) in [6.07, 6.45) is 1.60. The van der Waals surface area contributed by atoms with Crippen LogP contribution in [-0.2, 0) is 38.8 Å². The van der Waals surface area contributed by atoms with Gasteiger partial charge in [-0.25, -0.2) is 0 Å². The van der Waals surface area contributed by atoms with E-state index >= 15 is 0 Å². The second-order valence-electron chi connectivity index (χ2n) is 13.0. The van der Waals surface area contributed by atoms with Crippen molar-refractivity contribution < 1.29 is 32.2 Å². The molecule has 0 N–H and O–H groups in total. The van der Waals surface area contributed by atoms with Gasteiger partial charge in [-0.1, -0.05) is 54.6 Å². The van der Waals surface area contributed by atoms with Crippen LogP contribution in [0.3, 0.4) is 0 Å². The van der Waals surface area contributed by atoms with Crippen LogP contribution in [-0.4, -0.2) is 65.6 Å². The highest BCUT2D eigenvalue weighted by atomic mass is 19.4. The zero-order valence-corrected chi connectivity index (χ0v) is 25.9. The van der Waals surface area contributed by atoms with Gasteiger partial charge in [0.15, 0.2) is 0 Å². The van der Waals surface area contributed by atoms with Gasteiger partial charge in [-0.3, -0.25) is 14.5 Å². The van der Waals surface area contributed by atoms with Crippen LogP contribution in [0.1, 0.15) is 54.0 Å². The number of hydrogen-bond donors (Lipinski definition) is 0. The van der Waals surface area contributed by atoms with Crippen LogP contribution < -0.4 is 4.74 Å². The van der Waals surface area contributed by atoms with Gasteiger partial charge < -0.3 is 14.4 Å². The third-order valence-corrected chi connectivity index (χ3v) is 10.8. The number of carbonyl (C=O) groups is 2. The molecule has 9 heteroatoms. The molecule has 1 spiro atoms. The zero-order chi connectivity index (χ0) is 32.3. The maximum absolute atomic E-state index is 13.6. The lowest BCUT2D eigenvalue weighted by Crippen LogP contribution is -2.79. The molecule has 0 radical (unpaired) electrons. The molecule has 2 heterocycles. The monoisotopic (exact) mass is 630 g/mol. The van der Waals surface area contributed by atoms with Gasteiger partial charge in [0.1, 0.15) is 17.5 Å². The van der Waals surface area contributed by atoms with Crippen molar-refractivity contribution in [2.75, 3.05) is 20.1 Å². The van der Waals surface area contributed by atoms with Crippen LogP contribution >= 0.6 is 0 Å². The third-order valence-electron chi connectivity index (χ3n) is 10.8. The molecule has 1 saturated heterocycles. The Balaban J connectivity index is 1.20. The van der Waals surface area contributed by atoms with Crippen molar-refractivity contribution >= 4 is 18.0 Å². The average molecular weight is 631 g/mol. The Hall–Kier alpha value is -4.11. The van der Waals surface area contributed by atoms with Gasteiger partial charge in [0, 0.05) is 32.2 Å². The van der Waals surface area contributed by atoms with Crippen LogP contribution in [0.15, 0.2) is 78.9 Å². The number of ether oxygens (including phenoxy) is 2. The molecule has 1 amide bonds. The summed E-state index contributed by atoms with van der Waals surface area (Å²) >= 11 is 0. The number of piperidine rings is 1. The molecule has 2 aliphatic heterocycles. The Morgan fingerprint density at radius 3 is 2.52 bits per heavy atom. The van der Waals surface area contributed by atoms with Crippen LogP contribution in [0.5, 0.6) is 5.75 Å². The van der Waals surface area contributed by atoms with Gasteiger partial charge in [-0.05, 0) is 79.6 Å². The molecule has 6 nitrogen and oxygen atoms in total. The van der Waals surface area contributed by atoms with E-state index in [1.165, 1.54) is 42.3 Å². The lowest BCUT2D eigenvalue weighted by atomic mass is 9.48. The molecule has 2 fully saturated rings. The van der Waals surface area contributed by atoms with Crippen molar-refractivity contribution in [3.8, 4) is 5.75 Å². The quantitative estimate of drug-likeness (QED) is 0.230. The molecule has 2 unspecified atom stereocenters. The van der Waals surface area contributed by atoms with Crippen molar-refractivity contribution in [1.82, 2.24) is 9.80 Å². The Bertz CT molecular complexity index is 1670. The number of nitrogens with zero attached hydrogens (tertiary/aromatic N) is 2.